The predicted octanol–water partition coefficient (Wildman–Crippen LogP) is 3.44. The van der Waals surface area contributed by atoms with E-state index < -0.39 is 0 Å². The minimum Gasteiger partial charge on any atom is -0.396 e. The Labute approximate surface area is 124 Å². The van der Waals surface area contributed by atoms with Crippen molar-refractivity contribution >= 4 is 16.8 Å². The van der Waals surface area contributed by atoms with Crippen LogP contribution in [0.25, 0.3) is 10.9 Å². The number of carbonyl (C=O) groups excluding carboxylic acids is 1. The first kappa shape index (κ1) is 14.1. The monoisotopic (exact) mass is 283 g/mol. The molecular formula is C18H21NO2. The van der Waals surface area contributed by atoms with Crippen LogP contribution in [0.5, 0.6) is 0 Å². The van der Waals surface area contributed by atoms with Crippen molar-refractivity contribution in [2.45, 2.75) is 38.0 Å². The molecule has 0 amide bonds. The number of fused-ring (bicyclic) bond motifs is 3. The SMILES string of the molecule is C=C[C@@]1(CC)CCC(=O)n2c1c(CCO)c1ccccc12. The largest absolute Gasteiger partial charge is 0.396 e. The molecule has 0 fully saturated rings. The number of nitrogens with zero attached hydrogens (tertiary/aromatic N) is 1. The van der Waals surface area contributed by atoms with Gasteiger partial charge in [-0.25, -0.2) is 0 Å². The number of rotatable bonds is 4. The van der Waals surface area contributed by atoms with Crippen LogP contribution < -0.4 is 0 Å². The Hall–Kier alpha value is -1.87. The normalized spacial score (nSPS) is 21.5. The van der Waals surface area contributed by atoms with Crippen molar-refractivity contribution in [1.82, 2.24) is 4.57 Å². The molecule has 3 rings (SSSR count). The summed E-state index contributed by atoms with van der Waals surface area (Å²) in [5.74, 6) is 0.149. The van der Waals surface area contributed by atoms with Crippen LogP contribution in [0, 0.1) is 0 Å². The average Bonchev–Trinajstić information content (AvgIpc) is 2.86. The Kier molecular flexibility index (Phi) is 3.46. The average molecular weight is 283 g/mol. The van der Waals surface area contributed by atoms with Crippen LogP contribution >= 0.6 is 0 Å². The van der Waals surface area contributed by atoms with Crippen LogP contribution in [0.15, 0.2) is 36.9 Å². The molecule has 21 heavy (non-hydrogen) atoms. The van der Waals surface area contributed by atoms with Crippen LogP contribution in [0.4, 0.5) is 0 Å². The van der Waals surface area contributed by atoms with Gasteiger partial charge in [0.15, 0.2) is 0 Å². The Balaban J connectivity index is 2.43. The molecule has 1 aliphatic heterocycles. The van der Waals surface area contributed by atoms with Crippen molar-refractivity contribution in [2.24, 2.45) is 0 Å². The van der Waals surface area contributed by atoms with Gasteiger partial charge in [-0.15, -0.1) is 6.58 Å². The second kappa shape index (κ2) is 5.15. The maximum atomic E-state index is 12.5. The van der Waals surface area contributed by atoms with Gasteiger partial charge in [0.05, 0.1) is 5.52 Å². The number of benzene rings is 1. The highest BCUT2D eigenvalue weighted by Crippen LogP contribution is 2.44. The lowest BCUT2D eigenvalue weighted by Gasteiger charge is -2.35. The second-order valence-corrected chi connectivity index (χ2v) is 5.76. The lowest BCUT2D eigenvalue weighted by atomic mass is 9.74. The molecule has 0 radical (unpaired) electrons. The van der Waals surface area contributed by atoms with Gasteiger partial charge in [0.25, 0.3) is 0 Å². The number of aliphatic hydroxyl groups is 1. The van der Waals surface area contributed by atoms with Gasteiger partial charge in [-0.2, -0.15) is 0 Å². The summed E-state index contributed by atoms with van der Waals surface area (Å²) in [7, 11) is 0. The molecule has 0 bridgehead atoms. The van der Waals surface area contributed by atoms with E-state index in [-0.39, 0.29) is 17.9 Å². The first-order valence-corrected chi connectivity index (χ1v) is 7.59. The predicted molar refractivity (Wildman–Crippen MR) is 84.8 cm³/mol. The summed E-state index contributed by atoms with van der Waals surface area (Å²) in [5.41, 5.74) is 2.94. The number of hydrogen-bond donors (Lipinski definition) is 1. The number of aliphatic hydroxyl groups excluding tert-OH is 1. The van der Waals surface area contributed by atoms with Crippen LogP contribution in [0.3, 0.4) is 0 Å². The fourth-order valence-corrected chi connectivity index (χ4v) is 3.70. The minimum absolute atomic E-state index is 0.0894. The summed E-state index contributed by atoms with van der Waals surface area (Å²) < 4.78 is 1.87. The summed E-state index contributed by atoms with van der Waals surface area (Å²) in [6, 6.07) is 7.98. The fourth-order valence-electron chi connectivity index (χ4n) is 3.70. The number of para-hydroxylation sites is 1. The summed E-state index contributed by atoms with van der Waals surface area (Å²) >= 11 is 0. The Morgan fingerprint density at radius 2 is 2.19 bits per heavy atom. The van der Waals surface area contributed by atoms with E-state index in [1.807, 2.05) is 34.9 Å². The van der Waals surface area contributed by atoms with Gasteiger partial charge >= 0.3 is 0 Å². The Morgan fingerprint density at radius 3 is 2.86 bits per heavy atom. The summed E-state index contributed by atoms with van der Waals surface area (Å²) in [6.45, 7) is 6.27. The molecule has 0 spiro atoms. The van der Waals surface area contributed by atoms with Crippen molar-refractivity contribution < 1.29 is 9.90 Å². The lowest BCUT2D eigenvalue weighted by Crippen LogP contribution is -2.35. The number of hydrogen-bond acceptors (Lipinski definition) is 2. The maximum absolute atomic E-state index is 12.5. The molecule has 1 atom stereocenters. The van der Waals surface area contributed by atoms with Gasteiger partial charge in [-0.05, 0) is 30.9 Å². The molecule has 1 aromatic heterocycles. The minimum atomic E-state index is -0.169. The maximum Gasteiger partial charge on any atom is 0.231 e. The van der Waals surface area contributed by atoms with Gasteiger partial charge in [-0.1, -0.05) is 31.2 Å². The van der Waals surface area contributed by atoms with Crippen molar-refractivity contribution in [3.8, 4) is 0 Å². The van der Waals surface area contributed by atoms with E-state index in [2.05, 4.69) is 13.5 Å². The van der Waals surface area contributed by atoms with E-state index in [1.54, 1.807) is 0 Å². The molecule has 0 aliphatic carbocycles. The molecule has 1 aliphatic rings. The van der Waals surface area contributed by atoms with Gasteiger partial charge in [0.1, 0.15) is 0 Å². The van der Waals surface area contributed by atoms with E-state index in [1.165, 1.54) is 0 Å². The molecule has 3 heteroatoms. The van der Waals surface area contributed by atoms with Crippen LogP contribution in [0.2, 0.25) is 0 Å². The van der Waals surface area contributed by atoms with Gasteiger partial charge in [0, 0.05) is 29.5 Å². The highest BCUT2D eigenvalue weighted by Gasteiger charge is 2.39. The lowest BCUT2D eigenvalue weighted by molar-refractivity contribution is 0.0866. The molecule has 0 saturated carbocycles. The number of aromatic nitrogens is 1. The third-order valence-electron chi connectivity index (χ3n) is 4.87. The zero-order valence-electron chi connectivity index (χ0n) is 12.4. The van der Waals surface area contributed by atoms with Gasteiger partial charge in [0.2, 0.25) is 5.91 Å². The van der Waals surface area contributed by atoms with Crippen LogP contribution in [-0.4, -0.2) is 22.2 Å². The van der Waals surface area contributed by atoms with E-state index in [0.717, 1.165) is 35.0 Å². The Bertz CT molecular complexity index is 713. The molecule has 0 saturated heterocycles. The smallest absolute Gasteiger partial charge is 0.231 e. The van der Waals surface area contributed by atoms with Crippen molar-refractivity contribution in [3.05, 3.63) is 48.2 Å². The first-order chi connectivity index (χ1) is 10.2. The third-order valence-corrected chi connectivity index (χ3v) is 4.87. The van der Waals surface area contributed by atoms with Gasteiger partial charge < -0.3 is 5.11 Å². The molecule has 1 aromatic carbocycles. The zero-order valence-corrected chi connectivity index (χ0v) is 12.4. The fraction of sp³-hybridized carbons (Fsp3) is 0.389. The van der Waals surface area contributed by atoms with Crippen LogP contribution in [0.1, 0.15) is 42.2 Å². The third kappa shape index (κ3) is 1.88. The Morgan fingerprint density at radius 1 is 1.43 bits per heavy atom. The highest BCUT2D eigenvalue weighted by molar-refractivity contribution is 5.97. The zero-order chi connectivity index (χ0) is 15.0. The summed E-state index contributed by atoms with van der Waals surface area (Å²) in [5, 5.41) is 10.5. The van der Waals surface area contributed by atoms with Crippen LogP contribution in [-0.2, 0) is 11.8 Å². The molecule has 2 heterocycles. The first-order valence-electron chi connectivity index (χ1n) is 7.59. The number of carbonyl (C=O) groups is 1. The van der Waals surface area contributed by atoms with E-state index in [4.69, 9.17) is 0 Å². The van der Waals surface area contributed by atoms with Crippen molar-refractivity contribution in [2.75, 3.05) is 6.61 Å². The molecule has 110 valence electrons. The number of allylic oxidation sites excluding steroid dienone is 1. The summed E-state index contributed by atoms with van der Waals surface area (Å²) in [6.07, 6.45) is 4.83. The van der Waals surface area contributed by atoms with Gasteiger partial charge in [-0.3, -0.25) is 9.36 Å². The quantitative estimate of drug-likeness (QED) is 0.873. The highest BCUT2D eigenvalue weighted by atomic mass is 16.3. The molecule has 1 N–H and O–H groups in total. The topological polar surface area (TPSA) is 42.2 Å². The van der Waals surface area contributed by atoms with E-state index in [9.17, 15) is 9.90 Å². The molecule has 3 nitrogen and oxygen atoms in total. The summed E-state index contributed by atoms with van der Waals surface area (Å²) in [4.78, 5) is 12.5. The van der Waals surface area contributed by atoms with E-state index in [0.29, 0.717) is 12.8 Å². The molecular weight excluding hydrogens is 262 g/mol. The standard InChI is InChI=1S/C18H21NO2/c1-3-18(4-2)11-9-16(21)19-15-8-6-5-7-13(15)14(10-12-20)17(18)19/h3,5-8,20H,1,4,9-12H2,2H3/t18-/m1/s1. The van der Waals surface area contributed by atoms with Crippen molar-refractivity contribution in [1.29, 1.82) is 0 Å². The second-order valence-electron chi connectivity index (χ2n) is 5.76. The van der Waals surface area contributed by atoms with Crippen molar-refractivity contribution in [3.63, 3.8) is 0 Å². The van der Waals surface area contributed by atoms with E-state index >= 15 is 0 Å². The molecule has 2 aromatic rings. The molecule has 0 unspecified atom stereocenters.